The molecule has 3 aromatic rings. The molecule has 0 fully saturated rings. The highest BCUT2D eigenvalue weighted by Crippen LogP contribution is 2.17. The molecule has 0 aliphatic rings. The zero-order valence-corrected chi connectivity index (χ0v) is 12.9. The summed E-state index contributed by atoms with van der Waals surface area (Å²) in [5, 5.41) is 31.5. The maximum absolute atomic E-state index is 12.2. The molecular weight excluding hydrogens is 316 g/mol. The van der Waals surface area contributed by atoms with Crippen molar-refractivity contribution >= 4 is 28.2 Å². The summed E-state index contributed by atoms with van der Waals surface area (Å²) >= 11 is 0. The van der Waals surface area contributed by atoms with Crippen LogP contribution in [0.4, 0.5) is 11.4 Å². The number of amides is 1. The van der Waals surface area contributed by atoms with E-state index in [-0.39, 0.29) is 5.57 Å². The minimum Gasteiger partial charge on any atom is -0.360 e. The Labute approximate surface area is 143 Å². The first kappa shape index (κ1) is 15.8. The maximum atomic E-state index is 12.2. The zero-order chi connectivity index (χ0) is 17.6. The van der Waals surface area contributed by atoms with Crippen LogP contribution in [0, 0.1) is 22.7 Å². The number of aromatic nitrogens is 2. The Morgan fingerprint density at radius 3 is 2.84 bits per heavy atom. The number of hydrogen-bond acceptors (Lipinski definition) is 5. The number of nitrogens with zero attached hydrogens (tertiary/aromatic N) is 3. The number of nitrogens with one attached hydrogen (secondary N) is 3. The second-order valence-electron chi connectivity index (χ2n) is 5.10. The largest absolute Gasteiger partial charge is 0.360 e. The lowest BCUT2D eigenvalue weighted by Crippen LogP contribution is -2.15. The van der Waals surface area contributed by atoms with Gasteiger partial charge in [-0.1, -0.05) is 12.1 Å². The van der Waals surface area contributed by atoms with Crippen LogP contribution in [-0.2, 0) is 4.79 Å². The normalized spacial score (nSPS) is 10.7. The van der Waals surface area contributed by atoms with Crippen molar-refractivity contribution in [3.05, 3.63) is 66.0 Å². The van der Waals surface area contributed by atoms with Crippen molar-refractivity contribution in [1.82, 2.24) is 10.2 Å². The fraction of sp³-hybridized carbons (Fsp3) is 0. The lowest BCUT2D eigenvalue weighted by atomic mass is 10.2. The Morgan fingerprint density at radius 2 is 2.04 bits per heavy atom. The summed E-state index contributed by atoms with van der Waals surface area (Å²) in [5.41, 5.74) is 2.11. The number of anilines is 2. The van der Waals surface area contributed by atoms with Crippen molar-refractivity contribution in [2.75, 3.05) is 10.6 Å². The van der Waals surface area contributed by atoms with Crippen LogP contribution in [0.5, 0.6) is 0 Å². The van der Waals surface area contributed by atoms with Crippen LogP contribution in [-0.4, -0.2) is 16.1 Å². The number of aromatic amines is 1. The number of carbonyl (C=O) groups is 1. The van der Waals surface area contributed by atoms with Crippen molar-refractivity contribution in [3.63, 3.8) is 0 Å². The minimum atomic E-state index is -0.597. The molecule has 1 amide bonds. The number of fused-ring (bicyclic) bond motifs is 1. The van der Waals surface area contributed by atoms with E-state index in [2.05, 4.69) is 20.8 Å². The van der Waals surface area contributed by atoms with Crippen molar-refractivity contribution in [2.24, 2.45) is 0 Å². The number of H-pyrrole nitrogens is 1. The highest BCUT2D eigenvalue weighted by molar-refractivity contribution is 6.07. The predicted molar refractivity (Wildman–Crippen MR) is 93.2 cm³/mol. The molecule has 7 nitrogen and oxygen atoms in total. The van der Waals surface area contributed by atoms with E-state index in [4.69, 9.17) is 5.26 Å². The number of para-hydroxylation sites is 1. The molecule has 3 N–H and O–H groups in total. The van der Waals surface area contributed by atoms with Crippen molar-refractivity contribution in [1.29, 1.82) is 10.5 Å². The minimum absolute atomic E-state index is 0.113. The van der Waals surface area contributed by atoms with Gasteiger partial charge in [-0.05, 0) is 30.3 Å². The van der Waals surface area contributed by atoms with Crippen LogP contribution in [0.25, 0.3) is 10.9 Å². The molecule has 0 saturated carbocycles. The van der Waals surface area contributed by atoms with Gasteiger partial charge >= 0.3 is 0 Å². The van der Waals surface area contributed by atoms with E-state index in [1.807, 2.05) is 30.3 Å². The average Bonchev–Trinajstić information content (AvgIpc) is 3.10. The molecule has 0 aliphatic heterocycles. The Hall–Kier alpha value is -4.10. The Morgan fingerprint density at radius 1 is 1.20 bits per heavy atom. The van der Waals surface area contributed by atoms with Crippen molar-refractivity contribution in [3.8, 4) is 12.1 Å². The first-order chi connectivity index (χ1) is 12.2. The molecule has 0 radical (unpaired) electrons. The Kier molecular flexibility index (Phi) is 4.41. The fourth-order valence-corrected chi connectivity index (χ4v) is 2.21. The first-order valence-electron chi connectivity index (χ1n) is 7.31. The van der Waals surface area contributed by atoms with Gasteiger partial charge in [0.2, 0.25) is 0 Å². The van der Waals surface area contributed by atoms with E-state index in [9.17, 15) is 10.1 Å². The number of hydrogen-bond donors (Lipinski definition) is 3. The van der Waals surface area contributed by atoms with Gasteiger partial charge in [0.05, 0.1) is 23.0 Å². The highest BCUT2D eigenvalue weighted by atomic mass is 16.1. The van der Waals surface area contributed by atoms with Gasteiger partial charge in [0, 0.05) is 17.3 Å². The average molecular weight is 328 g/mol. The molecule has 0 aliphatic carbocycles. The molecular formula is C18H12N6O. The molecule has 0 bridgehead atoms. The lowest BCUT2D eigenvalue weighted by molar-refractivity contribution is -0.112. The summed E-state index contributed by atoms with van der Waals surface area (Å²) in [5.74, 6) is -0.597. The highest BCUT2D eigenvalue weighted by Gasteiger charge is 2.11. The molecule has 0 spiro atoms. The number of rotatable bonds is 4. The molecule has 7 heteroatoms. The monoisotopic (exact) mass is 328 g/mol. The van der Waals surface area contributed by atoms with Crippen LogP contribution in [0.3, 0.4) is 0 Å². The standard InChI is InChI=1S/C18H12N6O/c19-8-12-3-1-2-4-16(12)23-18(25)14(9-20)10-21-15-6-5-13-11-22-24-17(13)7-15/h1-7,10-11,21H,(H,22,24)(H,23,25)/b14-10-. The fourth-order valence-electron chi connectivity index (χ4n) is 2.21. The van der Waals surface area contributed by atoms with E-state index >= 15 is 0 Å². The molecule has 120 valence electrons. The predicted octanol–water partition coefficient (Wildman–Crippen LogP) is 2.89. The van der Waals surface area contributed by atoms with Gasteiger partial charge in [0.15, 0.2) is 0 Å². The first-order valence-corrected chi connectivity index (χ1v) is 7.31. The molecule has 2 aromatic carbocycles. The van der Waals surface area contributed by atoms with E-state index < -0.39 is 5.91 Å². The summed E-state index contributed by atoms with van der Waals surface area (Å²) in [4.78, 5) is 12.2. The van der Waals surface area contributed by atoms with Gasteiger partial charge in [-0.15, -0.1) is 0 Å². The number of carbonyl (C=O) groups excluding carboxylic acids is 1. The van der Waals surface area contributed by atoms with Crippen LogP contribution >= 0.6 is 0 Å². The summed E-state index contributed by atoms with van der Waals surface area (Å²) in [6.07, 6.45) is 3.03. The SMILES string of the molecule is N#C/C(=C/Nc1ccc2cn[nH]c2c1)C(=O)Nc1ccccc1C#N. The second-order valence-corrected chi connectivity index (χ2v) is 5.10. The van der Waals surface area contributed by atoms with Gasteiger partial charge in [-0.25, -0.2) is 0 Å². The van der Waals surface area contributed by atoms with Crippen LogP contribution in [0.15, 0.2) is 60.4 Å². The third kappa shape index (κ3) is 3.46. The topological polar surface area (TPSA) is 117 Å². The van der Waals surface area contributed by atoms with Crippen LogP contribution in [0.2, 0.25) is 0 Å². The van der Waals surface area contributed by atoms with E-state index in [1.165, 1.54) is 6.20 Å². The van der Waals surface area contributed by atoms with Crippen LogP contribution in [0.1, 0.15) is 5.56 Å². The molecule has 0 atom stereocenters. The molecule has 3 rings (SSSR count). The van der Waals surface area contributed by atoms with E-state index in [0.29, 0.717) is 16.9 Å². The third-order valence-electron chi connectivity index (χ3n) is 3.49. The quantitative estimate of drug-likeness (QED) is 0.503. The molecule has 0 unspecified atom stereocenters. The smallest absolute Gasteiger partial charge is 0.267 e. The zero-order valence-electron chi connectivity index (χ0n) is 12.9. The number of benzene rings is 2. The van der Waals surface area contributed by atoms with Gasteiger partial charge in [-0.3, -0.25) is 9.89 Å². The molecule has 25 heavy (non-hydrogen) atoms. The molecule has 1 heterocycles. The van der Waals surface area contributed by atoms with Crippen molar-refractivity contribution in [2.45, 2.75) is 0 Å². The number of nitriles is 2. The van der Waals surface area contributed by atoms with Crippen molar-refractivity contribution < 1.29 is 4.79 Å². The lowest BCUT2D eigenvalue weighted by Gasteiger charge is -2.06. The summed E-state index contributed by atoms with van der Waals surface area (Å²) < 4.78 is 0. The Balaban J connectivity index is 1.76. The third-order valence-corrected chi connectivity index (χ3v) is 3.49. The maximum Gasteiger partial charge on any atom is 0.267 e. The molecule has 1 aromatic heterocycles. The molecule has 0 saturated heterocycles. The van der Waals surface area contributed by atoms with Gasteiger partial charge in [0.1, 0.15) is 17.7 Å². The second kappa shape index (κ2) is 6.99. The van der Waals surface area contributed by atoms with E-state index in [1.54, 1.807) is 30.5 Å². The summed E-state index contributed by atoms with van der Waals surface area (Å²) in [6, 6.07) is 15.9. The Bertz CT molecular complexity index is 1050. The van der Waals surface area contributed by atoms with Gasteiger partial charge < -0.3 is 10.6 Å². The van der Waals surface area contributed by atoms with E-state index in [0.717, 1.165) is 10.9 Å². The summed E-state index contributed by atoms with van der Waals surface area (Å²) in [6.45, 7) is 0. The van der Waals surface area contributed by atoms with Crippen LogP contribution < -0.4 is 10.6 Å². The van der Waals surface area contributed by atoms with Gasteiger partial charge in [0.25, 0.3) is 5.91 Å². The van der Waals surface area contributed by atoms with Gasteiger partial charge in [-0.2, -0.15) is 15.6 Å². The summed E-state index contributed by atoms with van der Waals surface area (Å²) in [7, 11) is 0.